The minimum atomic E-state index is 0.512. The van der Waals surface area contributed by atoms with Gasteiger partial charge in [0, 0.05) is 25.5 Å². The summed E-state index contributed by atoms with van der Waals surface area (Å²) in [6, 6.07) is 3.59. The van der Waals surface area contributed by atoms with Crippen molar-refractivity contribution < 1.29 is 0 Å². The van der Waals surface area contributed by atoms with Crippen molar-refractivity contribution in [3.05, 3.63) is 34.6 Å². The molecule has 108 valence electrons. The highest BCUT2D eigenvalue weighted by Gasteiger charge is 2.08. The molecule has 0 saturated carbocycles. The number of anilines is 2. The number of halogens is 2. The lowest BCUT2D eigenvalue weighted by molar-refractivity contribution is 0.637. The van der Waals surface area contributed by atoms with E-state index in [4.69, 9.17) is 23.2 Å². The molecule has 0 bridgehead atoms. The minimum Gasteiger partial charge on any atom is -0.369 e. The van der Waals surface area contributed by atoms with Crippen LogP contribution in [-0.4, -0.2) is 27.9 Å². The first-order valence-electron chi connectivity index (χ1n) is 6.52. The van der Waals surface area contributed by atoms with Crippen molar-refractivity contribution in [2.45, 2.75) is 19.9 Å². The van der Waals surface area contributed by atoms with Gasteiger partial charge in [-0.3, -0.25) is 4.68 Å². The average Bonchev–Trinajstić information content (AvgIpc) is 2.93. The Bertz CT molecular complexity index is 542. The topological polar surface area (TPSA) is 54.8 Å². The number of nitrogens with zero attached hydrogens (tertiary/aromatic N) is 3. The second-order valence-electron chi connectivity index (χ2n) is 4.27. The molecule has 0 spiro atoms. The van der Waals surface area contributed by atoms with Gasteiger partial charge in [0.15, 0.2) is 0 Å². The first-order chi connectivity index (χ1) is 9.70. The Morgan fingerprint density at radius 3 is 2.45 bits per heavy atom. The zero-order chi connectivity index (χ0) is 14.4. The van der Waals surface area contributed by atoms with Crippen molar-refractivity contribution in [3.8, 4) is 0 Å². The Balaban J connectivity index is 1.99. The highest BCUT2D eigenvalue weighted by Crippen LogP contribution is 2.29. The molecule has 2 rings (SSSR count). The monoisotopic (exact) mass is 313 g/mol. The van der Waals surface area contributed by atoms with E-state index in [0.717, 1.165) is 19.5 Å². The minimum absolute atomic E-state index is 0.512. The van der Waals surface area contributed by atoms with E-state index >= 15 is 0 Å². The number of aromatic nitrogens is 3. The van der Waals surface area contributed by atoms with Crippen LogP contribution in [0, 0.1) is 0 Å². The molecule has 0 radical (unpaired) electrons. The van der Waals surface area contributed by atoms with Crippen molar-refractivity contribution >= 4 is 34.8 Å². The van der Waals surface area contributed by atoms with Gasteiger partial charge in [0.2, 0.25) is 0 Å². The molecule has 0 atom stereocenters. The fourth-order valence-electron chi connectivity index (χ4n) is 1.68. The summed E-state index contributed by atoms with van der Waals surface area (Å²) in [5.74, 6) is 1.28. The van der Waals surface area contributed by atoms with Crippen molar-refractivity contribution in [3.63, 3.8) is 0 Å². The maximum atomic E-state index is 6.14. The van der Waals surface area contributed by atoms with Crippen LogP contribution in [0.1, 0.15) is 13.3 Å². The largest absolute Gasteiger partial charge is 0.369 e. The zero-order valence-corrected chi connectivity index (χ0v) is 12.7. The Morgan fingerprint density at radius 2 is 1.85 bits per heavy atom. The summed E-state index contributed by atoms with van der Waals surface area (Å²) in [7, 11) is 0. The van der Waals surface area contributed by atoms with Gasteiger partial charge in [0.05, 0.1) is 16.6 Å². The van der Waals surface area contributed by atoms with Crippen LogP contribution in [0.2, 0.25) is 10.0 Å². The number of rotatable bonds is 7. The Morgan fingerprint density at radius 1 is 1.15 bits per heavy atom. The number of hydrogen-bond acceptors (Lipinski definition) is 4. The van der Waals surface area contributed by atoms with Gasteiger partial charge in [-0.2, -0.15) is 5.10 Å². The Labute approximate surface area is 128 Å². The summed E-state index contributed by atoms with van der Waals surface area (Å²) in [6.07, 6.45) is 4.66. The van der Waals surface area contributed by atoms with Crippen LogP contribution in [0.3, 0.4) is 0 Å². The molecule has 5 nitrogen and oxygen atoms in total. The second kappa shape index (κ2) is 7.36. The smallest absolute Gasteiger partial charge is 0.147 e. The van der Waals surface area contributed by atoms with Crippen LogP contribution in [0.5, 0.6) is 0 Å². The van der Waals surface area contributed by atoms with Crippen LogP contribution in [0.25, 0.3) is 0 Å². The average molecular weight is 314 g/mol. The van der Waals surface area contributed by atoms with E-state index in [2.05, 4.69) is 27.6 Å². The van der Waals surface area contributed by atoms with E-state index in [9.17, 15) is 0 Å². The van der Waals surface area contributed by atoms with Gasteiger partial charge in [0.1, 0.15) is 11.6 Å². The third-order valence-electron chi connectivity index (χ3n) is 2.66. The van der Waals surface area contributed by atoms with Crippen LogP contribution in [-0.2, 0) is 6.54 Å². The van der Waals surface area contributed by atoms with Gasteiger partial charge in [-0.05, 0) is 18.6 Å². The molecule has 0 aliphatic rings. The molecule has 20 heavy (non-hydrogen) atoms. The maximum Gasteiger partial charge on any atom is 0.147 e. The predicted octanol–water partition coefficient (Wildman–Crippen LogP) is 3.52. The lowest BCUT2D eigenvalue weighted by atomic mass is 10.4. The number of nitrogens with one attached hydrogen (secondary N) is 2. The molecule has 2 aromatic rings. The SMILES string of the molecule is CCCNc1nc(NCCn2cccn2)c(Cl)cc1Cl. The van der Waals surface area contributed by atoms with Crippen molar-refractivity contribution in [1.82, 2.24) is 14.8 Å². The van der Waals surface area contributed by atoms with Gasteiger partial charge < -0.3 is 10.6 Å². The highest BCUT2D eigenvalue weighted by molar-refractivity contribution is 6.37. The summed E-state index contributed by atoms with van der Waals surface area (Å²) in [5.41, 5.74) is 0. The molecule has 0 aliphatic carbocycles. The first kappa shape index (κ1) is 14.9. The van der Waals surface area contributed by atoms with Crippen molar-refractivity contribution in [2.75, 3.05) is 23.7 Å². The zero-order valence-electron chi connectivity index (χ0n) is 11.2. The van der Waals surface area contributed by atoms with E-state index in [-0.39, 0.29) is 0 Å². The van der Waals surface area contributed by atoms with E-state index in [0.29, 0.717) is 28.2 Å². The summed E-state index contributed by atoms with van der Waals surface area (Å²) in [4.78, 5) is 4.41. The van der Waals surface area contributed by atoms with Crippen LogP contribution in [0.15, 0.2) is 24.5 Å². The fraction of sp³-hybridized carbons (Fsp3) is 0.385. The first-order valence-corrected chi connectivity index (χ1v) is 7.27. The molecule has 0 unspecified atom stereocenters. The highest BCUT2D eigenvalue weighted by atomic mass is 35.5. The Kier molecular flexibility index (Phi) is 5.49. The van der Waals surface area contributed by atoms with Gasteiger partial charge in [-0.1, -0.05) is 30.1 Å². The van der Waals surface area contributed by atoms with Crippen molar-refractivity contribution in [1.29, 1.82) is 0 Å². The molecule has 7 heteroatoms. The van der Waals surface area contributed by atoms with Gasteiger partial charge in [-0.15, -0.1) is 0 Å². The Hall–Kier alpha value is -1.46. The molecule has 2 aromatic heterocycles. The lowest BCUT2D eigenvalue weighted by Gasteiger charge is -2.12. The van der Waals surface area contributed by atoms with Gasteiger partial charge in [0.25, 0.3) is 0 Å². The molecule has 2 N–H and O–H groups in total. The molecule has 0 fully saturated rings. The summed E-state index contributed by atoms with van der Waals surface area (Å²) < 4.78 is 1.84. The van der Waals surface area contributed by atoms with Crippen LogP contribution in [0.4, 0.5) is 11.6 Å². The molecular weight excluding hydrogens is 297 g/mol. The normalized spacial score (nSPS) is 10.6. The van der Waals surface area contributed by atoms with E-state index in [1.165, 1.54) is 0 Å². The lowest BCUT2D eigenvalue weighted by Crippen LogP contribution is -2.13. The standard InChI is InChI=1S/C13H17Cl2N5/c1-2-4-16-12-10(14)9-11(15)13(19-12)17-6-8-20-7-3-5-18-20/h3,5,7,9H,2,4,6,8H2,1H3,(H2,16,17,19). The fourth-order valence-corrected chi connectivity index (χ4v) is 2.17. The van der Waals surface area contributed by atoms with Crippen LogP contribution >= 0.6 is 23.2 Å². The predicted molar refractivity (Wildman–Crippen MR) is 83.8 cm³/mol. The maximum absolute atomic E-state index is 6.14. The number of hydrogen-bond donors (Lipinski definition) is 2. The van der Waals surface area contributed by atoms with E-state index in [1.54, 1.807) is 12.3 Å². The molecule has 0 amide bonds. The molecular formula is C13H17Cl2N5. The summed E-state index contributed by atoms with van der Waals surface area (Å²) in [5, 5.41) is 11.5. The quantitative estimate of drug-likeness (QED) is 0.821. The summed E-state index contributed by atoms with van der Waals surface area (Å²) in [6.45, 7) is 4.33. The molecule has 0 saturated heterocycles. The van der Waals surface area contributed by atoms with E-state index in [1.807, 2.05) is 16.9 Å². The third kappa shape index (κ3) is 4.02. The molecule has 0 aliphatic heterocycles. The van der Waals surface area contributed by atoms with Crippen LogP contribution < -0.4 is 10.6 Å². The molecule has 0 aromatic carbocycles. The van der Waals surface area contributed by atoms with Gasteiger partial charge >= 0.3 is 0 Å². The second-order valence-corrected chi connectivity index (χ2v) is 5.09. The van der Waals surface area contributed by atoms with Gasteiger partial charge in [-0.25, -0.2) is 4.98 Å². The van der Waals surface area contributed by atoms with Crippen molar-refractivity contribution in [2.24, 2.45) is 0 Å². The summed E-state index contributed by atoms with van der Waals surface area (Å²) >= 11 is 12.2. The van der Waals surface area contributed by atoms with E-state index < -0.39 is 0 Å². The molecule has 2 heterocycles. The third-order valence-corrected chi connectivity index (χ3v) is 3.24. The number of pyridine rings is 1.